The number of nitrogens with one attached hydrogen (secondary N) is 1. The lowest BCUT2D eigenvalue weighted by molar-refractivity contribution is 0.0672. The number of rotatable bonds is 2. The van der Waals surface area contributed by atoms with Crippen LogP contribution in [-0.4, -0.2) is 45.8 Å². The van der Waals surface area contributed by atoms with Crippen molar-refractivity contribution in [3.63, 3.8) is 0 Å². The molecule has 0 radical (unpaired) electrons. The number of carbonyl (C=O) groups is 1. The van der Waals surface area contributed by atoms with Gasteiger partial charge in [0.2, 0.25) is 0 Å². The van der Waals surface area contributed by atoms with Crippen molar-refractivity contribution in [2.45, 2.75) is 50.6 Å². The smallest absolute Gasteiger partial charge is 0.275 e. The molecule has 1 amide bonds. The van der Waals surface area contributed by atoms with Gasteiger partial charge >= 0.3 is 0 Å². The monoisotopic (exact) mass is 408 g/mol. The van der Waals surface area contributed by atoms with Crippen molar-refractivity contribution in [1.82, 2.24) is 20.0 Å². The molecule has 1 aromatic heterocycles. The Labute approximate surface area is 168 Å². The van der Waals surface area contributed by atoms with Crippen LogP contribution in [-0.2, 0) is 12.8 Å². The summed E-state index contributed by atoms with van der Waals surface area (Å²) >= 11 is 0. The molecule has 150 valence electrons. The Kier molecular flexibility index (Phi) is 5.14. The van der Waals surface area contributed by atoms with E-state index in [-0.39, 0.29) is 30.4 Å². The first-order valence-corrected chi connectivity index (χ1v) is 9.73. The first-order valence-electron chi connectivity index (χ1n) is 9.73. The van der Waals surface area contributed by atoms with Crippen LogP contribution in [0.15, 0.2) is 18.2 Å². The fraction of sp³-hybridized carbons (Fsp3) is 0.500. The van der Waals surface area contributed by atoms with Gasteiger partial charge in [-0.1, -0.05) is 0 Å². The minimum absolute atomic E-state index is 0. The highest BCUT2D eigenvalue weighted by atomic mass is 35.5. The van der Waals surface area contributed by atoms with Crippen LogP contribution in [0.1, 0.15) is 47.4 Å². The fourth-order valence-electron chi connectivity index (χ4n) is 4.88. The number of fused-ring (bicyclic) bond motifs is 3. The molecule has 3 heterocycles. The van der Waals surface area contributed by atoms with Crippen LogP contribution in [0.5, 0.6) is 0 Å². The number of carbonyl (C=O) groups excluding carboxylic acids is 1. The summed E-state index contributed by atoms with van der Waals surface area (Å²) in [4.78, 5) is 15.5. The van der Waals surface area contributed by atoms with Crippen molar-refractivity contribution in [2.75, 3.05) is 13.1 Å². The van der Waals surface area contributed by atoms with E-state index >= 15 is 0 Å². The van der Waals surface area contributed by atoms with Gasteiger partial charge in [0.05, 0.1) is 5.69 Å². The highest BCUT2D eigenvalue weighted by Crippen LogP contribution is 2.33. The molecule has 1 aromatic carbocycles. The first-order chi connectivity index (χ1) is 13.1. The molecule has 0 saturated carbocycles. The molecule has 8 heteroatoms. The van der Waals surface area contributed by atoms with Crippen molar-refractivity contribution in [1.29, 1.82) is 0 Å². The third-order valence-electron chi connectivity index (χ3n) is 6.17. The minimum atomic E-state index is -0.903. The average Bonchev–Trinajstić information content (AvgIpc) is 3.30. The summed E-state index contributed by atoms with van der Waals surface area (Å²) in [5.41, 5.74) is 2.88. The average molecular weight is 409 g/mol. The van der Waals surface area contributed by atoms with Crippen LogP contribution in [0.3, 0.4) is 0 Å². The fourth-order valence-corrected chi connectivity index (χ4v) is 4.88. The van der Waals surface area contributed by atoms with E-state index < -0.39 is 11.6 Å². The van der Waals surface area contributed by atoms with Gasteiger partial charge in [-0.2, -0.15) is 5.10 Å². The quantitative estimate of drug-likeness (QED) is 0.831. The highest BCUT2D eigenvalue weighted by Gasteiger charge is 2.41. The Hall–Kier alpha value is -1.99. The van der Waals surface area contributed by atoms with Crippen molar-refractivity contribution in [3.05, 3.63) is 46.8 Å². The molecule has 2 unspecified atom stereocenters. The minimum Gasteiger partial charge on any atom is -0.330 e. The third kappa shape index (κ3) is 3.01. The number of amides is 1. The predicted octanol–water partition coefficient (Wildman–Crippen LogP) is 3.03. The molecule has 0 spiro atoms. The number of halogens is 3. The van der Waals surface area contributed by atoms with E-state index in [4.69, 9.17) is 0 Å². The maximum atomic E-state index is 13.7. The summed E-state index contributed by atoms with van der Waals surface area (Å²) in [6.45, 7) is 1.76. The van der Waals surface area contributed by atoms with Gasteiger partial charge in [-0.3, -0.25) is 4.79 Å². The normalized spacial score (nSPS) is 23.3. The second kappa shape index (κ2) is 7.44. The molecule has 1 aliphatic carbocycles. The van der Waals surface area contributed by atoms with Crippen LogP contribution in [0.4, 0.5) is 8.78 Å². The molecule has 2 bridgehead atoms. The summed E-state index contributed by atoms with van der Waals surface area (Å²) in [5.74, 6) is -1.79. The number of benzene rings is 1. The van der Waals surface area contributed by atoms with Gasteiger partial charge in [-0.25, -0.2) is 13.5 Å². The number of aromatic nitrogens is 2. The first kappa shape index (κ1) is 19.3. The summed E-state index contributed by atoms with van der Waals surface area (Å²) in [5, 5.41) is 8.00. The van der Waals surface area contributed by atoms with Crippen molar-refractivity contribution in [2.24, 2.45) is 0 Å². The van der Waals surface area contributed by atoms with E-state index in [2.05, 4.69) is 10.4 Å². The van der Waals surface area contributed by atoms with E-state index in [1.165, 1.54) is 6.07 Å². The van der Waals surface area contributed by atoms with Gasteiger partial charge < -0.3 is 10.2 Å². The molecule has 28 heavy (non-hydrogen) atoms. The van der Waals surface area contributed by atoms with Crippen molar-refractivity contribution < 1.29 is 13.6 Å². The molecule has 3 aliphatic rings. The topological polar surface area (TPSA) is 50.2 Å². The van der Waals surface area contributed by atoms with Gasteiger partial charge in [0.15, 0.2) is 17.3 Å². The Morgan fingerprint density at radius 1 is 1.11 bits per heavy atom. The number of hydrogen-bond acceptors (Lipinski definition) is 3. The van der Waals surface area contributed by atoms with Gasteiger partial charge in [-0.05, 0) is 57.2 Å². The zero-order chi connectivity index (χ0) is 18.5. The van der Waals surface area contributed by atoms with Crippen LogP contribution in [0.25, 0.3) is 5.69 Å². The summed E-state index contributed by atoms with van der Waals surface area (Å²) in [6.07, 6.45) is 5.59. The second-order valence-corrected chi connectivity index (χ2v) is 7.73. The lowest BCUT2D eigenvalue weighted by Gasteiger charge is -2.27. The number of hydrogen-bond donors (Lipinski definition) is 1. The Morgan fingerprint density at radius 2 is 1.93 bits per heavy atom. The van der Waals surface area contributed by atoms with Gasteiger partial charge in [0.25, 0.3) is 5.91 Å². The lowest BCUT2D eigenvalue weighted by Crippen LogP contribution is -2.43. The van der Waals surface area contributed by atoms with Crippen LogP contribution < -0.4 is 5.32 Å². The SMILES string of the molecule is Cl.O=C(c1nn(-c2ccc(F)c(F)c2)c2c1CCC2)N1C2CCNCC1CC2. The zero-order valence-corrected chi connectivity index (χ0v) is 16.3. The molecule has 2 atom stereocenters. The second-order valence-electron chi connectivity index (χ2n) is 7.73. The van der Waals surface area contributed by atoms with E-state index in [9.17, 15) is 13.6 Å². The molecule has 2 saturated heterocycles. The molecule has 5 rings (SSSR count). The predicted molar refractivity (Wildman–Crippen MR) is 103 cm³/mol. The Balaban J connectivity index is 0.00000192. The lowest BCUT2D eigenvalue weighted by atomic mass is 10.1. The standard InChI is InChI=1S/C20H22F2N4O.ClH/c21-16-7-6-13(10-17(16)22)26-18-3-1-2-15(18)19(24-26)20(27)25-12-4-5-14(25)11-23-9-8-12;/h6-7,10,12,14,23H,1-5,8-9,11H2;1H. The van der Waals surface area contributed by atoms with Gasteiger partial charge in [-0.15, -0.1) is 12.4 Å². The largest absolute Gasteiger partial charge is 0.330 e. The van der Waals surface area contributed by atoms with Gasteiger partial charge in [0, 0.05) is 36.0 Å². The molecule has 5 nitrogen and oxygen atoms in total. The molecular formula is C20H23ClF2N4O. The van der Waals surface area contributed by atoms with E-state index in [1.54, 1.807) is 4.68 Å². The maximum Gasteiger partial charge on any atom is 0.275 e. The molecule has 1 N–H and O–H groups in total. The maximum absolute atomic E-state index is 13.7. The zero-order valence-electron chi connectivity index (χ0n) is 15.5. The van der Waals surface area contributed by atoms with Crippen molar-refractivity contribution >= 4 is 18.3 Å². The van der Waals surface area contributed by atoms with Crippen LogP contribution in [0.2, 0.25) is 0 Å². The third-order valence-corrected chi connectivity index (χ3v) is 6.17. The van der Waals surface area contributed by atoms with E-state index in [0.717, 1.165) is 75.0 Å². The highest BCUT2D eigenvalue weighted by molar-refractivity contribution is 5.95. The number of nitrogens with zero attached hydrogens (tertiary/aromatic N) is 3. The van der Waals surface area contributed by atoms with Crippen LogP contribution in [0, 0.1) is 11.6 Å². The molecule has 2 aliphatic heterocycles. The molecule has 2 fully saturated rings. The Morgan fingerprint density at radius 3 is 2.75 bits per heavy atom. The van der Waals surface area contributed by atoms with E-state index in [1.807, 2.05) is 4.90 Å². The Bertz CT molecular complexity index is 902. The molecular weight excluding hydrogens is 386 g/mol. The molecule has 2 aromatic rings. The van der Waals surface area contributed by atoms with Gasteiger partial charge in [0.1, 0.15) is 0 Å². The van der Waals surface area contributed by atoms with Crippen LogP contribution >= 0.6 is 12.4 Å². The van der Waals surface area contributed by atoms with Crippen molar-refractivity contribution in [3.8, 4) is 5.69 Å². The van der Waals surface area contributed by atoms with E-state index in [0.29, 0.717) is 11.4 Å². The summed E-state index contributed by atoms with van der Waals surface area (Å²) in [6, 6.07) is 4.25. The summed E-state index contributed by atoms with van der Waals surface area (Å²) in [7, 11) is 0. The summed E-state index contributed by atoms with van der Waals surface area (Å²) < 4.78 is 28.7.